The Morgan fingerprint density at radius 1 is 0.942 bits per heavy atom. The minimum atomic E-state index is -4.66. The van der Waals surface area contributed by atoms with Crippen LogP contribution < -0.4 is 4.90 Å². The van der Waals surface area contributed by atoms with Crippen LogP contribution in [-0.2, 0) is 49.6 Å². The van der Waals surface area contributed by atoms with Crippen molar-refractivity contribution in [2.24, 2.45) is 0 Å². The first kappa shape index (κ1) is 39.0. The number of methoxy groups -OCH3 is 1. The first-order chi connectivity index (χ1) is 24.6. The van der Waals surface area contributed by atoms with Crippen LogP contribution in [0.2, 0.25) is 0 Å². The van der Waals surface area contributed by atoms with E-state index in [1.54, 1.807) is 13.2 Å². The lowest BCUT2D eigenvalue weighted by Gasteiger charge is -2.27. The number of aryl methyl sites for hydroxylation is 1. The Labute approximate surface area is 306 Å². The fourth-order valence-corrected chi connectivity index (χ4v) is 7.73. The summed E-state index contributed by atoms with van der Waals surface area (Å²) in [6.07, 6.45) is 8.19. The highest BCUT2D eigenvalue weighted by molar-refractivity contribution is 7.85. The normalized spacial score (nSPS) is 18.6. The fourth-order valence-electron chi connectivity index (χ4n) is 7.23. The molecular formula is C39H49N3O9S. The van der Waals surface area contributed by atoms with Crippen LogP contribution >= 0.6 is 0 Å². The maximum absolute atomic E-state index is 12.3. The van der Waals surface area contributed by atoms with Crippen LogP contribution in [0.5, 0.6) is 0 Å². The number of amides is 2. The number of imide groups is 1. The number of allylic oxidation sites excluding steroid dienone is 4. The number of nitrogens with zero attached hydrogens (tertiary/aromatic N) is 3. The molecule has 0 N–H and O–H groups in total. The summed E-state index contributed by atoms with van der Waals surface area (Å²) in [6, 6.07) is 11.0. The van der Waals surface area contributed by atoms with Crippen molar-refractivity contribution in [1.29, 1.82) is 0 Å². The van der Waals surface area contributed by atoms with Gasteiger partial charge in [0.05, 0.1) is 23.5 Å². The van der Waals surface area contributed by atoms with Crippen molar-refractivity contribution in [2.75, 3.05) is 44.9 Å². The Hall–Kier alpha value is -4.17. The zero-order valence-corrected chi connectivity index (χ0v) is 31.7. The summed E-state index contributed by atoms with van der Waals surface area (Å²) in [5, 5.41) is 0.563. The number of unbranched alkanes of at least 4 members (excludes halogenated alkanes) is 2. The second-order valence-electron chi connectivity index (χ2n) is 14.5. The zero-order valence-electron chi connectivity index (χ0n) is 30.9. The van der Waals surface area contributed by atoms with Gasteiger partial charge < -0.3 is 23.8 Å². The number of anilines is 1. The highest BCUT2D eigenvalue weighted by atomic mass is 32.2. The number of fused-ring (bicyclic) bond motifs is 2. The summed E-state index contributed by atoms with van der Waals surface area (Å²) in [7, 11) is -3.02. The van der Waals surface area contributed by atoms with E-state index in [9.17, 15) is 27.4 Å². The molecule has 0 radical (unpaired) electrons. The summed E-state index contributed by atoms with van der Waals surface area (Å²) in [4.78, 5) is 42.8. The average molecular weight is 736 g/mol. The Bertz CT molecular complexity index is 1910. The molecule has 3 aliphatic heterocycles. The summed E-state index contributed by atoms with van der Waals surface area (Å²) >= 11 is 0. The molecule has 3 heterocycles. The zero-order chi connectivity index (χ0) is 37.8. The van der Waals surface area contributed by atoms with Gasteiger partial charge in [0.25, 0.3) is 11.8 Å². The number of benzene rings is 2. The van der Waals surface area contributed by atoms with Crippen LogP contribution in [0.25, 0.3) is 0 Å². The van der Waals surface area contributed by atoms with E-state index in [0.717, 1.165) is 28.3 Å². The Kier molecular flexibility index (Phi) is 11.9. The van der Waals surface area contributed by atoms with E-state index in [4.69, 9.17) is 14.3 Å². The molecule has 0 aromatic heterocycles. The fraction of sp³-hybridized carbons (Fsp3) is 0.487. The molecule has 2 aromatic rings. The van der Waals surface area contributed by atoms with Gasteiger partial charge in [-0.3, -0.25) is 9.59 Å². The van der Waals surface area contributed by atoms with E-state index in [2.05, 4.69) is 60.6 Å². The third-order valence-corrected chi connectivity index (χ3v) is 10.9. The predicted molar refractivity (Wildman–Crippen MR) is 194 cm³/mol. The molecular weight excluding hydrogens is 687 g/mol. The Morgan fingerprint density at radius 3 is 2.37 bits per heavy atom. The molecule has 2 amide bonds. The van der Waals surface area contributed by atoms with Crippen LogP contribution in [-0.4, -0.2) is 86.1 Å². The minimum absolute atomic E-state index is 0.0417. The molecule has 12 nitrogen and oxygen atoms in total. The molecule has 280 valence electrons. The first-order valence-corrected chi connectivity index (χ1v) is 19.1. The summed E-state index contributed by atoms with van der Waals surface area (Å²) < 4.78 is 49.3. The number of carbonyl (C=O) groups excluding carboxylic acids is 3. The number of hydrogen-bond acceptors (Lipinski definition) is 10. The molecule has 1 fully saturated rings. The van der Waals surface area contributed by atoms with E-state index < -0.39 is 33.3 Å². The SMILES string of the molecule is COCCOCC[N+]1=C(C=CC=C2N(CCCCCC(=O)ON3C(=O)CCC3=O)c3ccc(S(=O)(=O)[O-])cc3C2(C)C)C(C)(C)c2cc(C)ccc21. The number of carbonyl (C=O) groups is 3. The van der Waals surface area contributed by atoms with E-state index >= 15 is 0 Å². The molecule has 1 saturated heterocycles. The van der Waals surface area contributed by atoms with Crippen molar-refractivity contribution in [3.05, 3.63) is 77.0 Å². The topological polar surface area (TPSA) is 146 Å². The van der Waals surface area contributed by atoms with Gasteiger partial charge in [-0.05, 0) is 69.5 Å². The van der Waals surface area contributed by atoms with Crippen molar-refractivity contribution >= 4 is 45.0 Å². The largest absolute Gasteiger partial charge is 0.744 e. The number of rotatable bonds is 16. The van der Waals surface area contributed by atoms with Gasteiger partial charge in [-0.15, -0.1) is 5.06 Å². The predicted octanol–water partition coefficient (Wildman–Crippen LogP) is 5.34. The lowest BCUT2D eigenvalue weighted by atomic mass is 9.80. The molecule has 2 aromatic carbocycles. The lowest BCUT2D eigenvalue weighted by Crippen LogP contribution is -2.32. The Balaban J connectivity index is 1.39. The maximum Gasteiger partial charge on any atom is 0.333 e. The maximum atomic E-state index is 12.3. The smallest absolute Gasteiger partial charge is 0.333 e. The summed E-state index contributed by atoms with van der Waals surface area (Å²) in [5.41, 5.74) is 6.24. The molecule has 0 bridgehead atoms. The number of hydrogen-bond donors (Lipinski definition) is 0. The third-order valence-electron chi connectivity index (χ3n) is 10.1. The van der Waals surface area contributed by atoms with Gasteiger partial charge in [-0.25, -0.2) is 13.2 Å². The van der Waals surface area contributed by atoms with E-state index in [-0.39, 0.29) is 29.6 Å². The van der Waals surface area contributed by atoms with Gasteiger partial charge >= 0.3 is 5.97 Å². The van der Waals surface area contributed by atoms with Crippen LogP contribution in [0.1, 0.15) is 82.9 Å². The van der Waals surface area contributed by atoms with E-state index in [1.165, 1.54) is 23.3 Å². The highest BCUT2D eigenvalue weighted by Crippen LogP contribution is 2.49. The quantitative estimate of drug-likeness (QED) is 0.0958. The van der Waals surface area contributed by atoms with E-state index in [0.29, 0.717) is 57.2 Å². The van der Waals surface area contributed by atoms with E-state index in [1.807, 2.05) is 19.9 Å². The molecule has 0 spiro atoms. The van der Waals surface area contributed by atoms with Crippen molar-refractivity contribution in [3.8, 4) is 0 Å². The van der Waals surface area contributed by atoms with Crippen molar-refractivity contribution < 1.29 is 46.2 Å². The third kappa shape index (κ3) is 8.22. The standard InChI is InChI=1S/C39H49N3O9S/c1-27-14-16-31-29(25-27)38(2,3)34(41(31)21-22-50-24-23-49-6)12-10-11-33-39(4,5)30-26-28(52(46,47)48)15-17-32(30)40(33)20-9-7-8-13-37(45)51-42-35(43)18-19-36(42)44/h10-12,14-17,25-26H,7-9,13,18-24H2,1-6H3. The molecule has 52 heavy (non-hydrogen) atoms. The van der Waals surface area contributed by atoms with Crippen LogP contribution in [0.4, 0.5) is 11.4 Å². The lowest BCUT2D eigenvalue weighted by molar-refractivity contribution is -0.442. The molecule has 0 atom stereocenters. The molecule has 5 rings (SSSR count). The van der Waals surface area contributed by atoms with Crippen molar-refractivity contribution in [1.82, 2.24) is 5.06 Å². The Morgan fingerprint density at radius 2 is 1.67 bits per heavy atom. The van der Waals surface area contributed by atoms with Crippen LogP contribution in [0.15, 0.2) is 65.2 Å². The molecule has 13 heteroatoms. The van der Waals surface area contributed by atoms with Crippen LogP contribution in [0.3, 0.4) is 0 Å². The van der Waals surface area contributed by atoms with Gasteiger partial charge in [-0.2, -0.15) is 4.58 Å². The second kappa shape index (κ2) is 15.8. The second-order valence-corrected chi connectivity index (χ2v) is 15.8. The van der Waals surface area contributed by atoms with Crippen molar-refractivity contribution in [3.63, 3.8) is 0 Å². The summed E-state index contributed by atoms with van der Waals surface area (Å²) in [5.74, 6) is -1.65. The van der Waals surface area contributed by atoms with Crippen LogP contribution in [0, 0.1) is 6.92 Å². The molecule has 0 unspecified atom stereocenters. The first-order valence-electron chi connectivity index (χ1n) is 17.7. The monoisotopic (exact) mass is 735 g/mol. The van der Waals surface area contributed by atoms with Gasteiger partial charge in [0.1, 0.15) is 16.7 Å². The highest BCUT2D eigenvalue weighted by Gasteiger charge is 2.45. The minimum Gasteiger partial charge on any atom is -0.744 e. The number of ether oxygens (including phenoxy) is 2. The van der Waals surface area contributed by atoms with Crippen molar-refractivity contribution in [2.45, 2.75) is 88.9 Å². The molecule has 3 aliphatic rings. The molecule has 0 aliphatic carbocycles. The molecule has 0 saturated carbocycles. The van der Waals surface area contributed by atoms with Gasteiger partial charge in [0, 0.05) is 67.4 Å². The van der Waals surface area contributed by atoms with Gasteiger partial charge in [0.2, 0.25) is 5.69 Å². The number of hydroxylamine groups is 2. The average Bonchev–Trinajstić information content (AvgIpc) is 3.59. The summed E-state index contributed by atoms with van der Waals surface area (Å²) in [6.45, 7) is 13.3. The van der Waals surface area contributed by atoms with Gasteiger partial charge in [-0.1, -0.05) is 38.0 Å². The van der Waals surface area contributed by atoms with Gasteiger partial charge in [0.15, 0.2) is 12.3 Å².